The normalized spacial score (nSPS) is 10.3. The smallest absolute Gasteiger partial charge is 0.203 e. The van der Waals surface area contributed by atoms with Crippen molar-refractivity contribution in [2.75, 3.05) is 21.3 Å². The van der Waals surface area contributed by atoms with Crippen molar-refractivity contribution in [2.45, 2.75) is 13.0 Å². The first-order valence-electron chi connectivity index (χ1n) is 9.23. The molecule has 5 nitrogen and oxygen atoms in total. The van der Waals surface area contributed by atoms with Gasteiger partial charge in [-0.15, -0.1) is 0 Å². The van der Waals surface area contributed by atoms with Crippen LogP contribution in [0.4, 0.5) is 0 Å². The number of ether oxygens (including phenoxy) is 4. The van der Waals surface area contributed by atoms with E-state index in [0.29, 0.717) is 29.4 Å². The first-order valence-corrected chi connectivity index (χ1v) is 9.23. The molecule has 3 aromatic carbocycles. The molecule has 0 amide bonds. The lowest BCUT2D eigenvalue weighted by molar-refractivity contribution is 0.0992. The minimum absolute atomic E-state index is 0.0396. The van der Waals surface area contributed by atoms with Gasteiger partial charge in [-0.1, -0.05) is 42.5 Å². The largest absolute Gasteiger partial charge is 0.493 e. The molecule has 0 atom stereocenters. The molecule has 0 spiro atoms. The van der Waals surface area contributed by atoms with Crippen molar-refractivity contribution in [3.05, 3.63) is 83.4 Å². The second kappa shape index (κ2) is 9.64. The number of Topliss-reactive ketones (excluding diaryl/α,β-unsaturated/α-hetero) is 1. The van der Waals surface area contributed by atoms with E-state index in [1.54, 1.807) is 12.1 Å². The van der Waals surface area contributed by atoms with Crippen LogP contribution < -0.4 is 18.9 Å². The molecule has 0 saturated carbocycles. The Morgan fingerprint density at radius 1 is 0.759 bits per heavy atom. The second-order valence-electron chi connectivity index (χ2n) is 6.43. The SMILES string of the molecule is COc1cc(C(=O)Cc2ccc(OCc3ccccc3)cc2)cc(OC)c1OC. The zero-order valence-corrected chi connectivity index (χ0v) is 16.8. The Labute approximate surface area is 170 Å². The number of benzene rings is 3. The molecule has 5 heteroatoms. The minimum atomic E-state index is -0.0396. The molecule has 0 aliphatic heterocycles. The maximum Gasteiger partial charge on any atom is 0.203 e. The molecule has 0 unspecified atom stereocenters. The summed E-state index contributed by atoms with van der Waals surface area (Å²) in [5.41, 5.74) is 2.51. The fraction of sp³-hybridized carbons (Fsp3) is 0.208. The first-order chi connectivity index (χ1) is 14.1. The maximum absolute atomic E-state index is 12.8. The van der Waals surface area contributed by atoms with Crippen LogP contribution >= 0.6 is 0 Å². The van der Waals surface area contributed by atoms with Crippen molar-refractivity contribution < 1.29 is 23.7 Å². The van der Waals surface area contributed by atoms with E-state index in [9.17, 15) is 4.79 Å². The monoisotopic (exact) mass is 392 g/mol. The molecule has 0 aromatic heterocycles. The van der Waals surface area contributed by atoms with E-state index in [1.165, 1.54) is 21.3 Å². The highest BCUT2D eigenvalue weighted by molar-refractivity contribution is 5.98. The molecule has 0 bridgehead atoms. The van der Waals surface area contributed by atoms with Crippen molar-refractivity contribution in [3.63, 3.8) is 0 Å². The highest BCUT2D eigenvalue weighted by atomic mass is 16.5. The summed E-state index contributed by atoms with van der Waals surface area (Å²) in [5, 5.41) is 0. The Hall–Kier alpha value is -3.47. The van der Waals surface area contributed by atoms with Gasteiger partial charge < -0.3 is 18.9 Å². The predicted molar refractivity (Wildman–Crippen MR) is 111 cm³/mol. The lowest BCUT2D eigenvalue weighted by atomic mass is 10.0. The van der Waals surface area contributed by atoms with Gasteiger partial charge in [0.25, 0.3) is 0 Å². The molecule has 0 aliphatic rings. The molecular weight excluding hydrogens is 368 g/mol. The van der Waals surface area contributed by atoms with Gasteiger partial charge in [-0.25, -0.2) is 0 Å². The third kappa shape index (κ3) is 5.08. The highest BCUT2D eigenvalue weighted by Crippen LogP contribution is 2.38. The summed E-state index contributed by atoms with van der Waals surface area (Å²) in [6.07, 6.45) is 0.262. The Balaban J connectivity index is 1.67. The van der Waals surface area contributed by atoms with Crippen LogP contribution in [-0.2, 0) is 13.0 Å². The van der Waals surface area contributed by atoms with Crippen molar-refractivity contribution in [1.29, 1.82) is 0 Å². The number of methoxy groups -OCH3 is 3. The quantitative estimate of drug-likeness (QED) is 0.493. The summed E-state index contributed by atoms with van der Waals surface area (Å²) in [6.45, 7) is 0.505. The molecule has 3 rings (SSSR count). The van der Waals surface area contributed by atoms with Gasteiger partial charge in [0, 0.05) is 12.0 Å². The average Bonchev–Trinajstić information content (AvgIpc) is 2.78. The van der Waals surface area contributed by atoms with E-state index in [1.807, 2.05) is 54.6 Å². The summed E-state index contributed by atoms with van der Waals surface area (Å²) >= 11 is 0. The second-order valence-corrected chi connectivity index (χ2v) is 6.43. The molecule has 3 aromatic rings. The predicted octanol–water partition coefficient (Wildman–Crippen LogP) is 4.72. The number of carbonyl (C=O) groups excluding carboxylic acids is 1. The van der Waals surface area contributed by atoms with Gasteiger partial charge in [-0.05, 0) is 35.4 Å². The van der Waals surface area contributed by atoms with Crippen LogP contribution in [0.15, 0.2) is 66.7 Å². The van der Waals surface area contributed by atoms with E-state index in [2.05, 4.69) is 0 Å². The Morgan fingerprint density at radius 3 is 1.93 bits per heavy atom. The summed E-state index contributed by atoms with van der Waals surface area (Å²) in [4.78, 5) is 12.8. The molecular formula is C24H24O5. The third-order valence-corrected chi connectivity index (χ3v) is 4.52. The molecule has 29 heavy (non-hydrogen) atoms. The summed E-state index contributed by atoms with van der Waals surface area (Å²) < 4.78 is 21.7. The lowest BCUT2D eigenvalue weighted by Crippen LogP contribution is -2.06. The molecule has 0 radical (unpaired) electrons. The summed E-state index contributed by atoms with van der Waals surface area (Å²) in [6, 6.07) is 20.9. The van der Waals surface area contributed by atoms with Crippen molar-refractivity contribution in [1.82, 2.24) is 0 Å². The van der Waals surface area contributed by atoms with Crippen LogP contribution in [-0.4, -0.2) is 27.1 Å². The third-order valence-electron chi connectivity index (χ3n) is 4.52. The molecule has 0 saturated heterocycles. The van der Waals surface area contributed by atoms with Crippen molar-refractivity contribution >= 4 is 5.78 Å². The van der Waals surface area contributed by atoms with E-state index in [-0.39, 0.29) is 12.2 Å². The van der Waals surface area contributed by atoms with Crippen LogP contribution in [0.2, 0.25) is 0 Å². The minimum Gasteiger partial charge on any atom is -0.493 e. The maximum atomic E-state index is 12.8. The van der Waals surface area contributed by atoms with Gasteiger partial charge in [0.05, 0.1) is 21.3 Å². The lowest BCUT2D eigenvalue weighted by Gasteiger charge is -2.13. The fourth-order valence-corrected chi connectivity index (χ4v) is 2.97. The number of rotatable bonds is 9. The Bertz CT molecular complexity index is 924. The van der Waals surface area contributed by atoms with Gasteiger partial charge in [0.1, 0.15) is 12.4 Å². The highest BCUT2D eigenvalue weighted by Gasteiger charge is 2.17. The molecule has 150 valence electrons. The number of ketones is 1. The zero-order valence-electron chi connectivity index (χ0n) is 16.8. The molecule has 0 fully saturated rings. The number of carbonyl (C=O) groups is 1. The van der Waals surface area contributed by atoms with Crippen molar-refractivity contribution in [2.24, 2.45) is 0 Å². The standard InChI is InChI=1S/C24H24O5/c1-26-22-14-19(15-23(27-2)24(22)28-3)21(25)13-17-9-11-20(12-10-17)29-16-18-7-5-4-6-8-18/h4-12,14-15H,13,16H2,1-3H3. The van der Waals surface area contributed by atoms with Crippen LogP contribution in [0.3, 0.4) is 0 Å². The van der Waals surface area contributed by atoms with E-state index >= 15 is 0 Å². The van der Waals surface area contributed by atoms with Crippen molar-refractivity contribution in [3.8, 4) is 23.0 Å². The van der Waals surface area contributed by atoms with Gasteiger partial charge in [0.15, 0.2) is 17.3 Å². The van der Waals surface area contributed by atoms with Crippen LogP contribution in [0.5, 0.6) is 23.0 Å². The van der Waals surface area contributed by atoms with E-state index in [0.717, 1.165) is 16.9 Å². The van der Waals surface area contributed by atoms with Gasteiger partial charge in [-0.3, -0.25) is 4.79 Å². The van der Waals surface area contributed by atoms with Gasteiger partial charge >= 0.3 is 0 Å². The van der Waals surface area contributed by atoms with Gasteiger partial charge in [0.2, 0.25) is 5.75 Å². The summed E-state index contributed by atoms with van der Waals surface area (Å²) in [5.74, 6) is 2.10. The average molecular weight is 392 g/mol. The molecule has 0 heterocycles. The van der Waals surface area contributed by atoms with Gasteiger partial charge in [-0.2, -0.15) is 0 Å². The van der Waals surface area contributed by atoms with E-state index in [4.69, 9.17) is 18.9 Å². The molecule has 0 N–H and O–H groups in total. The van der Waals surface area contributed by atoms with Crippen LogP contribution in [0.25, 0.3) is 0 Å². The van der Waals surface area contributed by atoms with Crippen LogP contribution in [0.1, 0.15) is 21.5 Å². The fourth-order valence-electron chi connectivity index (χ4n) is 2.97. The molecule has 0 aliphatic carbocycles. The zero-order chi connectivity index (χ0) is 20.6. The first kappa shape index (κ1) is 20.3. The Morgan fingerprint density at radius 2 is 1.38 bits per heavy atom. The summed E-state index contributed by atoms with van der Waals surface area (Å²) in [7, 11) is 4.59. The van der Waals surface area contributed by atoms with E-state index < -0.39 is 0 Å². The topological polar surface area (TPSA) is 54.0 Å². The number of hydrogen-bond donors (Lipinski definition) is 0. The Kier molecular flexibility index (Phi) is 6.74. The number of hydrogen-bond acceptors (Lipinski definition) is 5. The van der Waals surface area contributed by atoms with Crippen LogP contribution in [0, 0.1) is 0 Å².